The Balaban J connectivity index is 1.22. The molecular formula is C38H39N5O6S. The van der Waals surface area contributed by atoms with E-state index in [2.05, 4.69) is 33.8 Å². The summed E-state index contributed by atoms with van der Waals surface area (Å²) in [5.41, 5.74) is 6.40. The molecule has 5 aromatic rings. The molecule has 1 aromatic heterocycles. The van der Waals surface area contributed by atoms with Crippen molar-refractivity contribution in [3.63, 3.8) is 0 Å². The molecule has 0 bridgehead atoms. The van der Waals surface area contributed by atoms with Gasteiger partial charge in [0.15, 0.2) is 12.4 Å². The van der Waals surface area contributed by atoms with E-state index in [1.54, 1.807) is 11.6 Å². The third kappa shape index (κ3) is 8.45. The maximum absolute atomic E-state index is 12.4. The molecule has 50 heavy (non-hydrogen) atoms. The third-order valence-electron chi connectivity index (χ3n) is 8.54. The Bertz CT molecular complexity index is 1900. The van der Waals surface area contributed by atoms with Crippen LogP contribution in [-0.4, -0.2) is 55.2 Å². The van der Waals surface area contributed by atoms with Crippen LogP contribution in [0.25, 0.3) is 16.8 Å². The maximum atomic E-state index is 12.4. The molecule has 0 unspecified atom stereocenters. The summed E-state index contributed by atoms with van der Waals surface area (Å²) in [6, 6.07) is 33.6. The lowest BCUT2D eigenvalue weighted by molar-refractivity contribution is -0.268. The van der Waals surface area contributed by atoms with Gasteiger partial charge < -0.3 is 24.6 Å². The lowest BCUT2D eigenvalue weighted by Gasteiger charge is -2.41. The number of nitrogens with zero attached hydrogens (tertiary/aromatic N) is 4. The zero-order valence-electron chi connectivity index (χ0n) is 28.0. The Morgan fingerprint density at radius 2 is 1.66 bits per heavy atom. The van der Waals surface area contributed by atoms with Crippen LogP contribution in [0.2, 0.25) is 0 Å². The summed E-state index contributed by atoms with van der Waals surface area (Å²) in [5, 5.41) is 25.5. The number of benzene rings is 4. The molecule has 2 heterocycles. The van der Waals surface area contributed by atoms with Crippen molar-refractivity contribution < 1.29 is 28.9 Å². The van der Waals surface area contributed by atoms with Crippen molar-refractivity contribution >= 4 is 23.6 Å². The molecule has 0 saturated carbocycles. The van der Waals surface area contributed by atoms with Gasteiger partial charge in [0.1, 0.15) is 0 Å². The van der Waals surface area contributed by atoms with Crippen LogP contribution in [0, 0.1) is 5.92 Å². The third-order valence-corrected chi connectivity index (χ3v) is 9.55. The molecule has 5 atom stereocenters. The number of ether oxygens (including phenoxy) is 3. The highest BCUT2D eigenvalue weighted by atomic mass is 32.2. The fraction of sp³-hybridized carbons (Fsp3) is 0.289. The summed E-state index contributed by atoms with van der Waals surface area (Å²) in [5.74, 6) is -0.296. The van der Waals surface area contributed by atoms with Crippen LogP contribution in [0.5, 0.6) is 0 Å². The summed E-state index contributed by atoms with van der Waals surface area (Å²) in [6.07, 6.45) is -2.02. The molecule has 1 amide bonds. The molecule has 4 aromatic carbocycles. The first kappa shape index (κ1) is 35.0. The van der Waals surface area contributed by atoms with E-state index in [1.807, 2.05) is 97.1 Å². The van der Waals surface area contributed by atoms with E-state index < -0.39 is 18.4 Å². The number of thioether (sulfide) groups is 1. The van der Waals surface area contributed by atoms with Crippen molar-refractivity contribution in [2.45, 2.75) is 63.7 Å². The predicted molar refractivity (Wildman–Crippen MR) is 188 cm³/mol. The monoisotopic (exact) mass is 693 g/mol. The van der Waals surface area contributed by atoms with E-state index in [1.165, 1.54) is 18.7 Å². The van der Waals surface area contributed by atoms with Crippen molar-refractivity contribution in [3.05, 3.63) is 125 Å². The van der Waals surface area contributed by atoms with Gasteiger partial charge in [-0.3, -0.25) is 9.59 Å². The summed E-state index contributed by atoms with van der Waals surface area (Å²) >= 11 is 1.53. The van der Waals surface area contributed by atoms with Crippen LogP contribution >= 0.6 is 11.8 Å². The first-order chi connectivity index (χ1) is 24.3. The Morgan fingerprint density at radius 3 is 2.40 bits per heavy atom. The smallest absolute Gasteiger partial charge is 0.303 e. The topological polar surface area (TPSA) is 138 Å². The molecule has 0 radical (unpaired) electrons. The zero-order valence-corrected chi connectivity index (χ0v) is 28.8. The zero-order chi connectivity index (χ0) is 35.0. The Morgan fingerprint density at radius 1 is 0.920 bits per heavy atom. The number of esters is 1. The number of tetrazole rings is 1. The first-order valence-electron chi connectivity index (χ1n) is 16.4. The summed E-state index contributed by atoms with van der Waals surface area (Å²) in [7, 11) is 0. The Hall–Kier alpha value is -4.88. The molecule has 12 heteroatoms. The number of rotatable bonds is 12. The number of aliphatic hydroxyl groups is 1. The highest BCUT2D eigenvalue weighted by Crippen LogP contribution is 2.43. The second-order valence-electron chi connectivity index (χ2n) is 12.1. The van der Waals surface area contributed by atoms with Gasteiger partial charge >= 0.3 is 5.97 Å². The van der Waals surface area contributed by atoms with E-state index in [0.717, 1.165) is 39.1 Å². The molecule has 1 saturated heterocycles. The van der Waals surface area contributed by atoms with E-state index in [-0.39, 0.29) is 37.2 Å². The molecule has 0 spiro atoms. The van der Waals surface area contributed by atoms with Crippen LogP contribution in [0.15, 0.2) is 108 Å². The number of aliphatic hydroxyl groups excluding tert-OH is 1. The van der Waals surface area contributed by atoms with Gasteiger partial charge in [-0.2, -0.15) is 4.68 Å². The first-order valence-corrected chi connectivity index (χ1v) is 17.4. The molecule has 11 nitrogen and oxygen atoms in total. The lowest BCUT2D eigenvalue weighted by Crippen LogP contribution is -2.38. The van der Waals surface area contributed by atoms with Crippen molar-refractivity contribution in [2.24, 2.45) is 5.92 Å². The number of hydrogen-bond acceptors (Lipinski definition) is 10. The molecule has 2 N–H and O–H groups in total. The largest absolute Gasteiger partial charge is 0.453 e. The number of nitrogens with one attached hydrogen (secondary N) is 1. The Labute approximate surface area is 295 Å². The standard InChI is InChI=1S/C38H39N5O6S/c1-24-34(23-50-38-40-41-42-43(38)33-13-5-4-6-14-33)48-37(49-35(24)29-17-15-27(22-44)16-18-29)32-12-8-11-31(20-32)30-10-7-9-28(19-30)21-39-36(46)25(2)47-26(3)45/h4-20,24-25,34-35,37,44H,21-23H2,1-3H3,(H,39,46)/t24-,25-,34+,35+,37+/m0/s1. The summed E-state index contributed by atoms with van der Waals surface area (Å²) < 4.78 is 20.1. The van der Waals surface area contributed by atoms with Crippen molar-refractivity contribution in [2.75, 3.05) is 5.75 Å². The van der Waals surface area contributed by atoms with Crippen molar-refractivity contribution in [3.8, 4) is 16.8 Å². The second-order valence-corrected chi connectivity index (χ2v) is 13.1. The molecular weight excluding hydrogens is 655 g/mol. The molecule has 0 aliphatic carbocycles. The minimum atomic E-state index is -0.872. The van der Waals surface area contributed by atoms with Gasteiger partial charge in [-0.1, -0.05) is 97.5 Å². The fourth-order valence-electron chi connectivity index (χ4n) is 5.83. The minimum absolute atomic E-state index is 0.0153. The number of para-hydroxylation sites is 1. The minimum Gasteiger partial charge on any atom is -0.453 e. The highest BCUT2D eigenvalue weighted by molar-refractivity contribution is 7.99. The van der Waals surface area contributed by atoms with Crippen molar-refractivity contribution in [1.29, 1.82) is 0 Å². The summed E-state index contributed by atoms with van der Waals surface area (Å²) in [6.45, 7) is 5.20. The predicted octanol–water partition coefficient (Wildman–Crippen LogP) is 5.97. The van der Waals surface area contributed by atoms with Gasteiger partial charge in [0.2, 0.25) is 5.16 Å². The Kier molecular flexibility index (Phi) is 11.3. The molecule has 1 aliphatic rings. The van der Waals surface area contributed by atoms with E-state index >= 15 is 0 Å². The SMILES string of the molecule is CC(=O)O[C@@H](C)C(=O)NCc1cccc(-c2cccc([C@@H]3O[C@H](CSc4nnnn4-c4ccccc4)[C@H](C)[C@H](c4ccc(CO)cc4)O3)c2)c1. The average Bonchev–Trinajstić information content (AvgIpc) is 3.62. The second kappa shape index (κ2) is 16.2. The number of hydrogen-bond donors (Lipinski definition) is 2. The van der Waals surface area contributed by atoms with Crippen LogP contribution in [-0.2, 0) is 37.0 Å². The van der Waals surface area contributed by atoms with Crippen LogP contribution in [0.1, 0.15) is 55.4 Å². The lowest BCUT2D eigenvalue weighted by atomic mass is 9.91. The molecule has 1 fully saturated rings. The number of carbonyl (C=O) groups excluding carboxylic acids is 2. The van der Waals surface area contributed by atoms with Crippen LogP contribution in [0.3, 0.4) is 0 Å². The normalized spacial score (nSPS) is 19.4. The van der Waals surface area contributed by atoms with Crippen molar-refractivity contribution in [1.82, 2.24) is 25.5 Å². The average molecular weight is 694 g/mol. The molecule has 1 aliphatic heterocycles. The van der Waals surface area contributed by atoms with Gasteiger partial charge in [0.05, 0.1) is 24.5 Å². The summed E-state index contributed by atoms with van der Waals surface area (Å²) in [4.78, 5) is 23.6. The van der Waals surface area contributed by atoms with Gasteiger partial charge in [0, 0.05) is 30.7 Å². The van der Waals surface area contributed by atoms with Gasteiger partial charge in [0.25, 0.3) is 5.91 Å². The van der Waals surface area contributed by atoms with Crippen LogP contribution < -0.4 is 5.32 Å². The highest BCUT2D eigenvalue weighted by Gasteiger charge is 2.38. The fourth-order valence-corrected chi connectivity index (χ4v) is 6.88. The van der Waals surface area contributed by atoms with Gasteiger partial charge in [-0.25, -0.2) is 0 Å². The van der Waals surface area contributed by atoms with E-state index in [0.29, 0.717) is 10.9 Å². The van der Waals surface area contributed by atoms with Gasteiger partial charge in [-0.05, 0) is 69.4 Å². The van der Waals surface area contributed by atoms with Gasteiger partial charge in [-0.15, -0.1) is 5.10 Å². The number of amides is 1. The number of aromatic nitrogens is 4. The quantitative estimate of drug-likeness (QED) is 0.119. The maximum Gasteiger partial charge on any atom is 0.303 e. The number of carbonyl (C=O) groups is 2. The van der Waals surface area contributed by atoms with E-state index in [9.17, 15) is 14.7 Å². The van der Waals surface area contributed by atoms with E-state index in [4.69, 9.17) is 14.2 Å². The molecule has 6 rings (SSSR count). The molecule has 258 valence electrons. The van der Waals surface area contributed by atoms with Crippen LogP contribution in [0.4, 0.5) is 0 Å².